The molecule has 178 valence electrons. The standard InChI is InChI=1S/C25H31Cl2N3O3/c1-14(2)12-30(13-15(3)4)23-8-5-16(18-11-19(18)24(31)32)9-22(23)29-25(33)28-21-7-6-17(26)10-20(21)27/h5-10,14-15,18-19H,11-13H2,1-4H3,(H,31,32)(H2,28,29,33)/t18-,19-/m1/s1. The largest absolute Gasteiger partial charge is 0.481 e. The highest BCUT2D eigenvalue weighted by Crippen LogP contribution is 2.49. The molecule has 0 aromatic heterocycles. The van der Waals surface area contributed by atoms with Crippen LogP contribution in [-0.2, 0) is 4.79 Å². The van der Waals surface area contributed by atoms with Crippen LogP contribution in [0.3, 0.4) is 0 Å². The van der Waals surface area contributed by atoms with E-state index < -0.39 is 12.0 Å². The van der Waals surface area contributed by atoms with Crippen molar-refractivity contribution >= 4 is 52.3 Å². The Labute approximate surface area is 205 Å². The average Bonchev–Trinajstić information content (AvgIpc) is 3.50. The van der Waals surface area contributed by atoms with Gasteiger partial charge in [0, 0.05) is 18.1 Å². The number of urea groups is 1. The van der Waals surface area contributed by atoms with Gasteiger partial charge in [-0.05, 0) is 60.1 Å². The normalized spacial score (nSPS) is 17.2. The number of nitrogens with zero attached hydrogens (tertiary/aromatic N) is 1. The van der Waals surface area contributed by atoms with Crippen LogP contribution in [0.25, 0.3) is 0 Å². The summed E-state index contributed by atoms with van der Waals surface area (Å²) in [5.74, 6) is -0.326. The zero-order chi connectivity index (χ0) is 24.3. The molecule has 3 N–H and O–H groups in total. The Morgan fingerprint density at radius 2 is 1.64 bits per heavy atom. The predicted molar refractivity (Wildman–Crippen MR) is 136 cm³/mol. The Balaban J connectivity index is 1.90. The molecule has 33 heavy (non-hydrogen) atoms. The van der Waals surface area contributed by atoms with Crippen LogP contribution in [0.15, 0.2) is 36.4 Å². The van der Waals surface area contributed by atoms with Crippen LogP contribution in [0, 0.1) is 17.8 Å². The number of aliphatic carboxylic acids is 1. The number of amides is 2. The summed E-state index contributed by atoms with van der Waals surface area (Å²) in [6.07, 6.45) is 0.613. The molecule has 0 heterocycles. The fraction of sp³-hybridized carbons (Fsp3) is 0.440. The van der Waals surface area contributed by atoms with Crippen molar-refractivity contribution in [1.29, 1.82) is 0 Å². The van der Waals surface area contributed by atoms with Gasteiger partial charge >= 0.3 is 12.0 Å². The Morgan fingerprint density at radius 1 is 1.00 bits per heavy atom. The van der Waals surface area contributed by atoms with Gasteiger partial charge in [-0.1, -0.05) is 57.0 Å². The maximum atomic E-state index is 12.9. The number of anilines is 3. The molecule has 3 rings (SSSR count). The van der Waals surface area contributed by atoms with Crippen molar-refractivity contribution in [3.63, 3.8) is 0 Å². The summed E-state index contributed by atoms with van der Waals surface area (Å²) >= 11 is 12.2. The molecule has 0 spiro atoms. The molecule has 2 aromatic carbocycles. The average molecular weight is 492 g/mol. The van der Waals surface area contributed by atoms with E-state index in [4.69, 9.17) is 23.2 Å². The van der Waals surface area contributed by atoms with E-state index in [1.807, 2.05) is 18.2 Å². The summed E-state index contributed by atoms with van der Waals surface area (Å²) in [4.78, 5) is 26.5. The third-order valence-electron chi connectivity index (χ3n) is 5.50. The first-order valence-electron chi connectivity index (χ1n) is 11.2. The van der Waals surface area contributed by atoms with Gasteiger partial charge in [0.25, 0.3) is 0 Å². The number of rotatable bonds is 9. The topological polar surface area (TPSA) is 81.7 Å². The van der Waals surface area contributed by atoms with Gasteiger partial charge in [-0.15, -0.1) is 0 Å². The molecule has 2 amide bonds. The summed E-state index contributed by atoms with van der Waals surface area (Å²) in [5, 5.41) is 15.9. The Kier molecular flexibility index (Phi) is 8.14. The number of halogens is 2. The fourth-order valence-corrected chi connectivity index (χ4v) is 4.47. The van der Waals surface area contributed by atoms with E-state index in [9.17, 15) is 14.7 Å². The number of hydrogen-bond acceptors (Lipinski definition) is 3. The van der Waals surface area contributed by atoms with Crippen LogP contribution < -0.4 is 15.5 Å². The van der Waals surface area contributed by atoms with Crippen molar-refractivity contribution in [2.24, 2.45) is 17.8 Å². The lowest BCUT2D eigenvalue weighted by atomic mass is 10.0. The van der Waals surface area contributed by atoms with Gasteiger partial charge in [-0.25, -0.2) is 4.79 Å². The summed E-state index contributed by atoms with van der Waals surface area (Å²) in [6, 6.07) is 10.3. The Morgan fingerprint density at radius 3 is 2.18 bits per heavy atom. The van der Waals surface area contributed by atoms with Crippen molar-refractivity contribution < 1.29 is 14.7 Å². The first-order valence-corrected chi connectivity index (χ1v) is 12.0. The highest BCUT2D eigenvalue weighted by molar-refractivity contribution is 6.36. The predicted octanol–water partition coefficient (Wildman–Crippen LogP) is 6.94. The molecule has 0 saturated heterocycles. The molecule has 0 radical (unpaired) electrons. The van der Waals surface area contributed by atoms with E-state index in [0.29, 0.717) is 39.7 Å². The molecule has 1 fully saturated rings. The lowest BCUT2D eigenvalue weighted by molar-refractivity contribution is -0.138. The quantitative estimate of drug-likeness (QED) is 0.354. The van der Waals surface area contributed by atoms with Gasteiger partial charge < -0.3 is 20.6 Å². The number of carboxylic acids is 1. The summed E-state index contributed by atoms with van der Waals surface area (Å²) in [7, 11) is 0. The molecule has 6 nitrogen and oxygen atoms in total. The van der Waals surface area contributed by atoms with E-state index in [1.165, 1.54) is 0 Å². The minimum atomic E-state index is -0.782. The fourth-order valence-electron chi connectivity index (χ4n) is 4.02. The minimum absolute atomic E-state index is 0.0329. The summed E-state index contributed by atoms with van der Waals surface area (Å²) < 4.78 is 0. The van der Waals surface area contributed by atoms with E-state index in [0.717, 1.165) is 24.3 Å². The molecule has 0 aliphatic heterocycles. The maximum Gasteiger partial charge on any atom is 0.323 e. The van der Waals surface area contributed by atoms with Crippen molar-refractivity contribution in [2.45, 2.75) is 40.0 Å². The monoisotopic (exact) mass is 491 g/mol. The van der Waals surface area contributed by atoms with Crippen LogP contribution in [0.1, 0.15) is 45.6 Å². The van der Waals surface area contributed by atoms with Gasteiger partial charge in [0.05, 0.1) is 28.0 Å². The number of nitrogens with one attached hydrogen (secondary N) is 2. The van der Waals surface area contributed by atoms with Gasteiger partial charge in [0.2, 0.25) is 0 Å². The third kappa shape index (κ3) is 6.78. The van der Waals surface area contributed by atoms with Crippen molar-refractivity contribution in [3.8, 4) is 0 Å². The van der Waals surface area contributed by atoms with Gasteiger partial charge in [0.1, 0.15) is 0 Å². The van der Waals surface area contributed by atoms with Crippen LogP contribution in [-0.4, -0.2) is 30.2 Å². The number of benzene rings is 2. The zero-order valence-corrected chi connectivity index (χ0v) is 20.9. The molecule has 2 atom stereocenters. The SMILES string of the molecule is CC(C)CN(CC(C)C)c1ccc([C@H]2C[C@H]2C(=O)O)cc1NC(=O)Nc1ccc(Cl)cc1Cl. The molecular weight excluding hydrogens is 461 g/mol. The van der Waals surface area contributed by atoms with E-state index in [2.05, 4.69) is 43.2 Å². The molecule has 2 aromatic rings. The van der Waals surface area contributed by atoms with Crippen LogP contribution in [0.2, 0.25) is 10.0 Å². The van der Waals surface area contributed by atoms with Crippen molar-refractivity contribution in [1.82, 2.24) is 0 Å². The van der Waals surface area contributed by atoms with E-state index >= 15 is 0 Å². The molecular formula is C25H31Cl2N3O3. The van der Waals surface area contributed by atoms with Gasteiger partial charge in [0.15, 0.2) is 0 Å². The Hall–Kier alpha value is -2.44. The van der Waals surface area contributed by atoms with Crippen molar-refractivity contribution in [2.75, 3.05) is 28.6 Å². The lowest BCUT2D eigenvalue weighted by Gasteiger charge is -2.31. The maximum absolute atomic E-state index is 12.9. The summed E-state index contributed by atoms with van der Waals surface area (Å²) in [6.45, 7) is 10.3. The second-order valence-electron chi connectivity index (χ2n) is 9.46. The number of hydrogen-bond donors (Lipinski definition) is 3. The molecule has 1 saturated carbocycles. The lowest BCUT2D eigenvalue weighted by Crippen LogP contribution is -2.32. The molecule has 0 bridgehead atoms. The molecule has 8 heteroatoms. The van der Waals surface area contributed by atoms with Crippen molar-refractivity contribution in [3.05, 3.63) is 52.0 Å². The highest BCUT2D eigenvalue weighted by atomic mass is 35.5. The molecule has 1 aliphatic rings. The second kappa shape index (κ2) is 10.7. The minimum Gasteiger partial charge on any atom is -0.481 e. The zero-order valence-electron chi connectivity index (χ0n) is 19.4. The first-order chi connectivity index (χ1) is 15.5. The number of carbonyl (C=O) groups excluding carboxylic acids is 1. The highest BCUT2D eigenvalue weighted by Gasteiger charge is 2.44. The van der Waals surface area contributed by atoms with Crippen LogP contribution in [0.4, 0.5) is 21.9 Å². The van der Waals surface area contributed by atoms with Crippen LogP contribution in [0.5, 0.6) is 0 Å². The number of carboxylic acid groups (broad SMARTS) is 1. The van der Waals surface area contributed by atoms with Crippen LogP contribution >= 0.6 is 23.2 Å². The second-order valence-corrected chi connectivity index (χ2v) is 10.3. The van der Waals surface area contributed by atoms with Gasteiger partial charge in [-0.2, -0.15) is 0 Å². The molecule has 1 aliphatic carbocycles. The third-order valence-corrected chi connectivity index (χ3v) is 6.04. The summed E-state index contributed by atoms with van der Waals surface area (Å²) in [5.41, 5.74) is 2.92. The van der Waals surface area contributed by atoms with E-state index in [1.54, 1.807) is 18.2 Å². The van der Waals surface area contributed by atoms with E-state index in [-0.39, 0.29) is 11.8 Å². The molecule has 0 unspecified atom stereocenters. The smallest absolute Gasteiger partial charge is 0.323 e. The Bertz CT molecular complexity index is 1020. The first kappa shape index (κ1) is 25.2. The van der Waals surface area contributed by atoms with Gasteiger partial charge in [-0.3, -0.25) is 4.79 Å². The number of carbonyl (C=O) groups is 2.